The molecule has 92 valence electrons. The van der Waals surface area contributed by atoms with Gasteiger partial charge in [-0.15, -0.1) is 0 Å². The highest BCUT2D eigenvalue weighted by molar-refractivity contribution is 4.90. The van der Waals surface area contributed by atoms with E-state index < -0.39 is 0 Å². The van der Waals surface area contributed by atoms with E-state index >= 15 is 0 Å². The molecule has 1 N–H and O–H groups in total. The van der Waals surface area contributed by atoms with Crippen LogP contribution in [0.2, 0.25) is 0 Å². The number of morpholine rings is 1. The highest BCUT2D eigenvalue weighted by Gasteiger charge is 2.11. The zero-order chi connectivity index (χ0) is 11.1. The summed E-state index contributed by atoms with van der Waals surface area (Å²) >= 11 is 0. The Morgan fingerprint density at radius 1 is 1.25 bits per heavy atom. The second-order valence-electron chi connectivity index (χ2n) is 4.81. The molecule has 3 heteroatoms. The van der Waals surface area contributed by atoms with Gasteiger partial charge in [-0.25, -0.2) is 0 Å². The predicted octanol–water partition coefficient (Wildman–Crippen LogP) is 1.26. The fourth-order valence-corrected chi connectivity index (χ4v) is 2.41. The summed E-state index contributed by atoms with van der Waals surface area (Å²) in [6, 6.07) is 0. The van der Waals surface area contributed by atoms with Crippen LogP contribution in [0.1, 0.15) is 19.3 Å². The van der Waals surface area contributed by atoms with Gasteiger partial charge in [0.05, 0.1) is 13.2 Å². The van der Waals surface area contributed by atoms with Gasteiger partial charge in [0.15, 0.2) is 0 Å². The maximum atomic E-state index is 5.33. The van der Waals surface area contributed by atoms with Crippen molar-refractivity contribution >= 4 is 0 Å². The van der Waals surface area contributed by atoms with Gasteiger partial charge in [0.1, 0.15) is 0 Å². The first kappa shape index (κ1) is 12.1. The average molecular weight is 224 g/mol. The number of rotatable bonds is 5. The first-order valence-corrected chi connectivity index (χ1v) is 6.61. The summed E-state index contributed by atoms with van der Waals surface area (Å²) in [6.45, 7) is 7.52. The van der Waals surface area contributed by atoms with E-state index in [9.17, 15) is 0 Å². The smallest absolute Gasteiger partial charge is 0.0594 e. The van der Waals surface area contributed by atoms with Gasteiger partial charge >= 0.3 is 0 Å². The molecule has 0 saturated carbocycles. The van der Waals surface area contributed by atoms with Gasteiger partial charge in [-0.3, -0.25) is 4.90 Å². The summed E-state index contributed by atoms with van der Waals surface area (Å²) in [5.74, 6) is 0.870. The molecular weight excluding hydrogens is 200 g/mol. The number of allylic oxidation sites excluding steroid dienone is 2. The highest BCUT2D eigenvalue weighted by atomic mass is 16.5. The summed E-state index contributed by atoms with van der Waals surface area (Å²) in [5.41, 5.74) is 0. The van der Waals surface area contributed by atoms with E-state index in [1.165, 1.54) is 32.4 Å². The summed E-state index contributed by atoms with van der Waals surface area (Å²) < 4.78 is 5.33. The van der Waals surface area contributed by atoms with Crippen LogP contribution in [-0.2, 0) is 4.74 Å². The van der Waals surface area contributed by atoms with Crippen molar-refractivity contribution in [2.75, 3.05) is 45.9 Å². The molecular formula is C13H24N2O. The Labute approximate surface area is 98.8 Å². The van der Waals surface area contributed by atoms with E-state index in [-0.39, 0.29) is 0 Å². The van der Waals surface area contributed by atoms with Crippen LogP contribution in [0.4, 0.5) is 0 Å². The third kappa shape index (κ3) is 4.24. The molecule has 1 aliphatic carbocycles. The van der Waals surface area contributed by atoms with Crippen molar-refractivity contribution in [3.8, 4) is 0 Å². The molecule has 0 aromatic rings. The topological polar surface area (TPSA) is 24.5 Å². The largest absolute Gasteiger partial charge is 0.379 e. The van der Waals surface area contributed by atoms with E-state index in [0.717, 1.165) is 38.8 Å². The Hall–Kier alpha value is -0.380. The van der Waals surface area contributed by atoms with Crippen LogP contribution >= 0.6 is 0 Å². The molecule has 0 aromatic heterocycles. The first-order chi connectivity index (χ1) is 7.95. The van der Waals surface area contributed by atoms with E-state index in [4.69, 9.17) is 4.74 Å². The third-order valence-electron chi connectivity index (χ3n) is 3.52. The fourth-order valence-electron chi connectivity index (χ4n) is 2.41. The standard InChI is InChI=1S/C13H24N2O/c1-2-4-13(5-3-1)12-14-6-7-15-8-10-16-11-9-15/h1-2,13-14H,3-12H2. The molecule has 1 unspecified atom stereocenters. The van der Waals surface area contributed by atoms with Gasteiger partial charge in [-0.2, -0.15) is 0 Å². The molecule has 1 saturated heterocycles. The lowest BCUT2D eigenvalue weighted by atomic mass is 9.94. The Kier molecular flexibility index (Phi) is 5.32. The normalized spacial score (nSPS) is 27.1. The molecule has 0 aromatic carbocycles. The molecule has 0 spiro atoms. The molecule has 16 heavy (non-hydrogen) atoms. The molecule has 3 nitrogen and oxygen atoms in total. The fraction of sp³-hybridized carbons (Fsp3) is 0.846. The number of ether oxygens (including phenoxy) is 1. The van der Waals surface area contributed by atoms with Gasteiger partial charge in [-0.1, -0.05) is 12.2 Å². The van der Waals surface area contributed by atoms with Crippen LogP contribution in [0.15, 0.2) is 12.2 Å². The Morgan fingerprint density at radius 2 is 2.12 bits per heavy atom. The van der Waals surface area contributed by atoms with Crippen molar-refractivity contribution in [2.24, 2.45) is 5.92 Å². The number of hydrogen-bond donors (Lipinski definition) is 1. The highest BCUT2D eigenvalue weighted by Crippen LogP contribution is 2.16. The van der Waals surface area contributed by atoms with E-state index in [0.29, 0.717) is 0 Å². The van der Waals surface area contributed by atoms with Crippen molar-refractivity contribution in [1.29, 1.82) is 0 Å². The van der Waals surface area contributed by atoms with Gasteiger partial charge in [0, 0.05) is 26.2 Å². The molecule has 0 bridgehead atoms. The second-order valence-corrected chi connectivity index (χ2v) is 4.81. The van der Waals surface area contributed by atoms with E-state index in [1.54, 1.807) is 0 Å². The average Bonchev–Trinajstić information content (AvgIpc) is 2.37. The van der Waals surface area contributed by atoms with Gasteiger partial charge < -0.3 is 10.1 Å². The minimum Gasteiger partial charge on any atom is -0.379 e. The zero-order valence-corrected chi connectivity index (χ0v) is 10.2. The molecule has 0 radical (unpaired) electrons. The van der Waals surface area contributed by atoms with Crippen molar-refractivity contribution in [3.05, 3.63) is 12.2 Å². The minimum absolute atomic E-state index is 0.870. The van der Waals surface area contributed by atoms with Crippen LogP contribution in [-0.4, -0.2) is 50.8 Å². The Balaban J connectivity index is 1.49. The van der Waals surface area contributed by atoms with Crippen LogP contribution < -0.4 is 5.32 Å². The zero-order valence-electron chi connectivity index (χ0n) is 10.2. The van der Waals surface area contributed by atoms with Gasteiger partial charge in [0.2, 0.25) is 0 Å². The first-order valence-electron chi connectivity index (χ1n) is 6.61. The molecule has 2 aliphatic rings. The van der Waals surface area contributed by atoms with Crippen molar-refractivity contribution in [1.82, 2.24) is 10.2 Å². The monoisotopic (exact) mass is 224 g/mol. The van der Waals surface area contributed by atoms with Crippen molar-refractivity contribution in [3.63, 3.8) is 0 Å². The number of hydrogen-bond acceptors (Lipinski definition) is 3. The molecule has 1 aliphatic heterocycles. The van der Waals surface area contributed by atoms with Gasteiger partial charge in [-0.05, 0) is 31.7 Å². The SMILES string of the molecule is C1=CCC(CNCCN2CCOCC2)CC1. The third-order valence-corrected chi connectivity index (χ3v) is 3.52. The molecule has 0 amide bonds. The van der Waals surface area contributed by atoms with E-state index in [1.807, 2.05) is 0 Å². The summed E-state index contributed by atoms with van der Waals surface area (Å²) in [7, 11) is 0. The number of nitrogens with zero attached hydrogens (tertiary/aromatic N) is 1. The maximum Gasteiger partial charge on any atom is 0.0594 e. The Bertz CT molecular complexity index is 212. The Morgan fingerprint density at radius 3 is 2.88 bits per heavy atom. The summed E-state index contributed by atoms with van der Waals surface area (Å²) in [5, 5.41) is 3.59. The summed E-state index contributed by atoms with van der Waals surface area (Å²) in [4.78, 5) is 2.48. The molecule has 1 atom stereocenters. The lowest BCUT2D eigenvalue weighted by Gasteiger charge is -2.27. The van der Waals surface area contributed by atoms with E-state index in [2.05, 4.69) is 22.4 Å². The lowest BCUT2D eigenvalue weighted by molar-refractivity contribution is 0.0383. The van der Waals surface area contributed by atoms with Crippen molar-refractivity contribution in [2.45, 2.75) is 19.3 Å². The molecule has 1 fully saturated rings. The van der Waals surface area contributed by atoms with Crippen molar-refractivity contribution < 1.29 is 4.74 Å². The molecule has 2 rings (SSSR count). The van der Waals surface area contributed by atoms with Crippen LogP contribution in [0.3, 0.4) is 0 Å². The predicted molar refractivity (Wildman–Crippen MR) is 66.6 cm³/mol. The summed E-state index contributed by atoms with van der Waals surface area (Å²) in [6.07, 6.45) is 8.55. The quantitative estimate of drug-likeness (QED) is 0.562. The minimum atomic E-state index is 0.870. The lowest BCUT2D eigenvalue weighted by Crippen LogP contribution is -2.41. The van der Waals surface area contributed by atoms with Crippen LogP contribution in [0.5, 0.6) is 0 Å². The van der Waals surface area contributed by atoms with Crippen LogP contribution in [0.25, 0.3) is 0 Å². The molecule has 1 heterocycles. The number of nitrogens with one attached hydrogen (secondary N) is 1. The second kappa shape index (κ2) is 7.05. The van der Waals surface area contributed by atoms with Gasteiger partial charge in [0.25, 0.3) is 0 Å². The van der Waals surface area contributed by atoms with Crippen LogP contribution in [0, 0.1) is 5.92 Å². The maximum absolute atomic E-state index is 5.33.